The van der Waals surface area contributed by atoms with Gasteiger partial charge in [0.05, 0.1) is 6.42 Å². The minimum absolute atomic E-state index is 0.0583. The second-order valence-corrected chi connectivity index (χ2v) is 6.66. The van der Waals surface area contributed by atoms with E-state index >= 15 is 0 Å². The van der Waals surface area contributed by atoms with Crippen LogP contribution in [-0.2, 0) is 16.0 Å². The fourth-order valence-corrected chi connectivity index (χ4v) is 3.10. The SMILES string of the molecule is CCCC(NC(=O)Cc1ccccc1)C(=O)NC1CCNCC1C. The molecule has 5 nitrogen and oxygen atoms in total. The Kier molecular flexibility index (Phi) is 7.25. The second kappa shape index (κ2) is 9.42. The molecule has 1 aliphatic rings. The first-order valence-electron chi connectivity index (χ1n) is 8.94. The van der Waals surface area contributed by atoms with Crippen LogP contribution in [0.5, 0.6) is 0 Å². The van der Waals surface area contributed by atoms with Crippen molar-refractivity contribution in [2.45, 2.75) is 51.6 Å². The van der Waals surface area contributed by atoms with Crippen LogP contribution in [0.2, 0.25) is 0 Å². The molecule has 5 heteroatoms. The van der Waals surface area contributed by atoms with Crippen molar-refractivity contribution in [2.24, 2.45) is 5.92 Å². The summed E-state index contributed by atoms with van der Waals surface area (Å²) in [4.78, 5) is 24.8. The van der Waals surface area contributed by atoms with Crippen molar-refractivity contribution in [3.8, 4) is 0 Å². The third kappa shape index (κ3) is 5.64. The first-order valence-corrected chi connectivity index (χ1v) is 8.94. The Balaban J connectivity index is 1.89. The molecule has 3 unspecified atom stereocenters. The number of rotatable bonds is 7. The molecule has 0 aliphatic carbocycles. The highest BCUT2D eigenvalue weighted by Crippen LogP contribution is 2.11. The van der Waals surface area contributed by atoms with E-state index in [9.17, 15) is 9.59 Å². The molecule has 2 amide bonds. The second-order valence-electron chi connectivity index (χ2n) is 6.66. The summed E-state index contributed by atoms with van der Waals surface area (Å²) in [5.41, 5.74) is 0.956. The smallest absolute Gasteiger partial charge is 0.242 e. The third-order valence-corrected chi connectivity index (χ3v) is 4.55. The van der Waals surface area contributed by atoms with E-state index in [0.29, 0.717) is 18.8 Å². The van der Waals surface area contributed by atoms with E-state index in [2.05, 4.69) is 22.9 Å². The molecule has 0 spiro atoms. The van der Waals surface area contributed by atoms with Gasteiger partial charge < -0.3 is 16.0 Å². The molecule has 1 saturated heterocycles. The molecule has 1 aromatic carbocycles. The van der Waals surface area contributed by atoms with Crippen molar-refractivity contribution in [1.29, 1.82) is 0 Å². The Bertz CT molecular complexity index is 533. The highest BCUT2D eigenvalue weighted by Gasteiger charge is 2.26. The molecule has 0 bridgehead atoms. The topological polar surface area (TPSA) is 70.2 Å². The zero-order valence-electron chi connectivity index (χ0n) is 14.7. The number of nitrogens with one attached hydrogen (secondary N) is 3. The Hall–Kier alpha value is -1.88. The van der Waals surface area contributed by atoms with Crippen LogP contribution in [0.3, 0.4) is 0 Å². The van der Waals surface area contributed by atoms with Gasteiger partial charge in [0.1, 0.15) is 6.04 Å². The molecule has 2 rings (SSSR count). The van der Waals surface area contributed by atoms with Crippen LogP contribution in [0.1, 0.15) is 38.7 Å². The molecular weight excluding hydrogens is 302 g/mol. The lowest BCUT2D eigenvalue weighted by molar-refractivity contribution is -0.129. The number of carbonyl (C=O) groups is 2. The van der Waals surface area contributed by atoms with E-state index in [1.54, 1.807) is 0 Å². The molecule has 0 radical (unpaired) electrons. The monoisotopic (exact) mass is 331 g/mol. The Morgan fingerprint density at radius 2 is 2.04 bits per heavy atom. The molecule has 1 aliphatic heterocycles. The van der Waals surface area contributed by atoms with Crippen molar-refractivity contribution < 1.29 is 9.59 Å². The van der Waals surface area contributed by atoms with Crippen LogP contribution >= 0.6 is 0 Å². The molecule has 1 fully saturated rings. The zero-order chi connectivity index (χ0) is 17.4. The van der Waals surface area contributed by atoms with Gasteiger partial charge >= 0.3 is 0 Å². The van der Waals surface area contributed by atoms with Crippen molar-refractivity contribution >= 4 is 11.8 Å². The Morgan fingerprint density at radius 3 is 2.71 bits per heavy atom. The summed E-state index contributed by atoms with van der Waals surface area (Å²) in [6.07, 6.45) is 2.75. The molecule has 3 atom stereocenters. The van der Waals surface area contributed by atoms with Crippen LogP contribution in [0.15, 0.2) is 30.3 Å². The summed E-state index contributed by atoms with van der Waals surface area (Å²) < 4.78 is 0. The maximum Gasteiger partial charge on any atom is 0.242 e. The summed E-state index contributed by atoms with van der Waals surface area (Å²) in [6.45, 7) is 6.01. The van der Waals surface area contributed by atoms with Crippen molar-refractivity contribution in [3.05, 3.63) is 35.9 Å². The molecular formula is C19H29N3O2. The van der Waals surface area contributed by atoms with Crippen LogP contribution in [-0.4, -0.2) is 37.0 Å². The predicted molar refractivity (Wildman–Crippen MR) is 95.6 cm³/mol. The van der Waals surface area contributed by atoms with Crippen LogP contribution in [0.25, 0.3) is 0 Å². The molecule has 3 N–H and O–H groups in total. The number of benzene rings is 1. The summed E-state index contributed by atoms with van der Waals surface area (Å²) in [5, 5.41) is 9.36. The van der Waals surface area contributed by atoms with Crippen LogP contribution in [0.4, 0.5) is 0 Å². The van der Waals surface area contributed by atoms with Gasteiger partial charge in [-0.3, -0.25) is 9.59 Å². The quantitative estimate of drug-likeness (QED) is 0.711. The fourth-order valence-electron chi connectivity index (χ4n) is 3.10. The number of hydrogen-bond donors (Lipinski definition) is 3. The predicted octanol–water partition coefficient (Wildman–Crippen LogP) is 1.63. The maximum atomic E-state index is 12.6. The minimum atomic E-state index is -0.451. The van der Waals surface area contributed by atoms with Gasteiger partial charge in [0, 0.05) is 6.04 Å². The van der Waals surface area contributed by atoms with Gasteiger partial charge in [0.15, 0.2) is 0 Å². The van der Waals surface area contributed by atoms with E-state index in [4.69, 9.17) is 0 Å². The van der Waals surface area contributed by atoms with Gasteiger partial charge in [-0.2, -0.15) is 0 Å². The van der Waals surface area contributed by atoms with E-state index in [1.165, 1.54) is 0 Å². The van der Waals surface area contributed by atoms with Crippen molar-refractivity contribution in [1.82, 2.24) is 16.0 Å². The summed E-state index contributed by atoms with van der Waals surface area (Å²) in [6, 6.07) is 9.33. The lowest BCUT2D eigenvalue weighted by atomic mass is 9.95. The number of piperidine rings is 1. The summed E-state index contributed by atoms with van der Waals surface area (Å²) in [5.74, 6) is 0.246. The van der Waals surface area contributed by atoms with Gasteiger partial charge in [0.25, 0.3) is 0 Å². The Labute approximate surface area is 144 Å². The van der Waals surface area contributed by atoms with Gasteiger partial charge in [-0.1, -0.05) is 50.6 Å². The Morgan fingerprint density at radius 1 is 1.29 bits per heavy atom. The van der Waals surface area contributed by atoms with Crippen LogP contribution in [0, 0.1) is 5.92 Å². The highest BCUT2D eigenvalue weighted by atomic mass is 16.2. The highest BCUT2D eigenvalue weighted by molar-refractivity contribution is 5.88. The van der Waals surface area contributed by atoms with Gasteiger partial charge in [-0.25, -0.2) is 0 Å². The van der Waals surface area contributed by atoms with E-state index in [1.807, 2.05) is 37.3 Å². The van der Waals surface area contributed by atoms with Gasteiger partial charge in [0.2, 0.25) is 11.8 Å². The normalized spacial score (nSPS) is 21.8. The third-order valence-electron chi connectivity index (χ3n) is 4.55. The molecule has 0 aromatic heterocycles. The van der Waals surface area contributed by atoms with Crippen molar-refractivity contribution in [3.63, 3.8) is 0 Å². The summed E-state index contributed by atoms with van der Waals surface area (Å²) >= 11 is 0. The molecule has 24 heavy (non-hydrogen) atoms. The average molecular weight is 331 g/mol. The van der Waals surface area contributed by atoms with E-state index in [0.717, 1.165) is 31.5 Å². The first-order chi connectivity index (χ1) is 11.6. The van der Waals surface area contributed by atoms with Gasteiger partial charge in [-0.05, 0) is 37.4 Å². The molecule has 1 heterocycles. The molecule has 0 saturated carbocycles. The summed E-state index contributed by atoms with van der Waals surface area (Å²) in [7, 11) is 0. The lowest BCUT2D eigenvalue weighted by Gasteiger charge is -2.31. The molecule has 132 valence electrons. The van der Waals surface area contributed by atoms with E-state index < -0.39 is 6.04 Å². The number of carbonyl (C=O) groups excluding carboxylic acids is 2. The van der Waals surface area contributed by atoms with Crippen LogP contribution < -0.4 is 16.0 Å². The van der Waals surface area contributed by atoms with E-state index in [-0.39, 0.29) is 17.9 Å². The fraction of sp³-hybridized carbons (Fsp3) is 0.579. The lowest BCUT2D eigenvalue weighted by Crippen LogP contribution is -2.54. The molecule has 1 aromatic rings. The maximum absolute atomic E-state index is 12.6. The largest absolute Gasteiger partial charge is 0.351 e. The first kappa shape index (κ1) is 18.5. The average Bonchev–Trinajstić information content (AvgIpc) is 2.57. The standard InChI is InChI=1S/C19H29N3O2/c1-3-7-17(19(24)22-16-10-11-20-13-14(16)2)21-18(23)12-15-8-5-4-6-9-15/h4-6,8-9,14,16-17,20H,3,7,10-13H2,1-2H3,(H,21,23)(H,22,24). The van der Waals surface area contributed by atoms with Crippen molar-refractivity contribution in [2.75, 3.05) is 13.1 Å². The number of amides is 2. The van der Waals surface area contributed by atoms with Gasteiger partial charge in [-0.15, -0.1) is 0 Å². The minimum Gasteiger partial charge on any atom is -0.351 e. The zero-order valence-corrected chi connectivity index (χ0v) is 14.7. The number of hydrogen-bond acceptors (Lipinski definition) is 3.